The van der Waals surface area contributed by atoms with Gasteiger partial charge in [0.2, 0.25) is 5.91 Å². The molecular weight excluding hydrogens is 278 g/mol. The van der Waals surface area contributed by atoms with Gasteiger partial charge in [0.05, 0.1) is 17.2 Å². The number of aliphatic hydroxyl groups is 1. The summed E-state index contributed by atoms with van der Waals surface area (Å²) in [4.78, 5) is 19.9. The quantitative estimate of drug-likeness (QED) is 0.919. The maximum atomic E-state index is 12.3. The molecule has 1 aliphatic heterocycles. The molecule has 1 fully saturated rings. The van der Waals surface area contributed by atoms with Crippen molar-refractivity contribution in [2.45, 2.75) is 25.4 Å². The number of anilines is 1. The summed E-state index contributed by atoms with van der Waals surface area (Å²) in [7, 11) is 1.82. The number of likely N-dealkylation sites (N-methyl/N-ethyl adjacent to an activating group) is 1. The minimum atomic E-state index is -0.773. The highest BCUT2D eigenvalue weighted by atomic mass is 35.5. The summed E-state index contributed by atoms with van der Waals surface area (Å²) < 4.78 is 0. The van der Waals surface area contributed by atoms with Gasteiger partial charge in [-0.25, -0.2) is 4.98 Å². The topological polar surface area (TPSA) is 56.7 Å². The third-order valence-corrected chi connectivity index (χ3v) is 3.73. The Morgan fingerprint density at radius 3 is 2.95 bits per heavy atom. The molecule has 0 spiro atoms. The molecule has 0 radical (unpaired) electrons. The van der Waals surface area contributed by atoms with Crippen molar-refractivity contribution >= 4 is 23.3 Å². The smallest absolute Gasteiger partial charge is 0.242 e. The van der Waals surface area contributed by atoms with Crippen LogP contribution in [-0.2, 0) is 4.79 Å². The highest BCUT2D eigenvalue weighted by Crippen LogP contribution is 2.20. The van der Waals surface area contributed by atoms with Crippen LogP contribution in [0.4, 0.5) is 5.82 Å². The fourth-order valence-electron chi connectivity index (χ4n) is 2.41. The third kappa shape index (κ3) is 3.84. The van der Waals surface area contributed by atoms with Crippen molar-refractivity contribution in [3.63, 3.8) is 0 Å². The maximum absolute atomic E-state index is 12.3. The first-order valence-corrected chi connectivity index (χ1v) is 7.08. The van der Waals surface area contributed by atoms with Gasteiger partial charge in [-0.15, -0.1) is 0 Å². The van der Waals surface area contributed by atoms with E-state index < -0.39 is 5.60 Å². The van der Waals surface area contributed by atoms with E-state index >= 15 is 0 Å². The molecule has 1 N–H and O–H groups in total. The van der Waals surface area contributed by atoms with E-state index in [1.807, 2.05) is 7.05 Å². The van der Waals surface area contributed by atoms with Crippen molar-refractivity contribution in [3.05, 3.63) is 23.4 Å². The molecule has 110 valence electrons. The average molecular weight is 298 g/mol. The molecule has 1 aliphatic rings. The van der Waals surface area contributed by atoms with E-state index in [2.05, 4.69) is 4.98 Å². The summed E-state index contributed by atoms with van der Waals surface area (Å²) in [6.07, 6.45) is 3.14. The number of nitrogens with zero attached hydrogens (tertiary/aromatic N) is 3. The zero-order valence-electron chi connectivity index (χ0n) is 11.8. The van der Waals surface area contributed by atoms with Gasteiger partial charge in [0.15, 0.2) is 0 Å². The molecule has 2 heterocycles. The van der Waals surface area contributed by atoms with Crippen LogP contribution in [0.2, 0.25) is 5.02 Å². The average Bonchev–Trinajstić information content (AvgIpc) is 2.38. The summed E-state index contributed by atoms with van der Waals surface area (Å²) in [5, 5.41) is 10.6. The number of carbonyl (C=O) groups is 1. The molecule has 1 atom stereocenters. The lowest BCUT2D eigenvalue weighted by molar-refractivity contribution is -0.135. The molecule has 0 aliphatic carbocycles. The van der Waals surface area contributed by atoms with Crippen LogP contribution >= 0.6 is 11.6 Å². The van der Waals surface area contributed by atoms with E-state index in [1.54, 1.807) is 35.1 Å². The predicted molar refractivity (Wildman–Crippen MR) is 79.0 cm³/mol. The predicted octanol–water partition coefficient (Wildman–Crippen LogP) is 1.54. The number of rotatable bonds is 3. The summed E-state index contributed by atoms with van der Waals surface area (Å²) in [6.45, 7) is 3.12. The van der Waals surface area contributed by atoms with Gasteiger partial charge in [0.1, 0.15) is 5.82 Å². The van der Waals surface area contributed by atoms with E-state index in [9.17, 15) is 9.90 Å². The van der Waals surface area contributed by atoms with Crippen LogP contribution in [0.1, 0.15) is 19.8 Å². The van der Waals surface area contributed by atoms with E-state index in [0.29, 0.717) is 23.9 Å². The van der Waals surface area contributed by atoms with Crippen LogP contribution in [0.15, 0.2) is 18.3 Å². The molecule has 5 nitrogen and oxygen atoms in total. The molecule has 6 heteroatoms. The fourth-order valence-corrected chi connectivity index (χ4v) is 2.52. The van der Waals surface area contributed by atoms with Gasteiger partial charge < -0.3 is 14.9 Å². The largest absolute Gasteiger partial charge is 0.388 e. The molecule has 1 aromatic rings. The van der Waals surface area contributed by atoms with Crippen molar-refractivity contribution < 1.29 is 9.90 Å². The SMILES string of the molecule is CN(CC(=O)N1CCCC(C)(O)C1)c1ccc(Cl)cn1. The highest BCUT2D eigenvalue weighted by molar-refractivity contribution is 6.30. The summed E-state index contributed by atoms with van der Waals surface area (Å²) in [5.41, 5.74) is -0.773. The Hall–Kier alpha value is -1.33. The Morgan fingerprint density at radius 2 is 2.35 bits per heavy atom. The fraction of sp³-hybridized carbons (Fsp3) is 0.571. The number of halogens is 1. The number of hydrogen-bond donors (Lipinski definition) is 1. The van der Waals surface area contributed by atoms with E-state index in [1.165, 1.54) is 0 Å². The monoisotopic (exact) mass is 297 g/mol. The Balaban J connectivity index is 1.95. The molecule has 1 saturated heterocycles. The van der Waals surface area contributed by atoms with Crippen LogP contribution in [0.5, 0.6) is 0 Å². The van der Waals surface area contributed by atoms with Crippen LogP contribution in [0.25, 0.3) is 0 Å². The molecule has 1 unspecified atom stereocenters. The second kappa shape index (κ2) is 5.97. The Labute approximate surface area is 124 Å². The van der Waals surface area contributed by atoms with Gasteiger partial charge in [-0.1, -0.05) is 11.6 Å². The van der Waals surface area contributed by atoms with Crippen LogP contribution in [0.3, 0.4) is 0 Å². The van der Waals surface area contributed by atoms with Gasteiger partial charge in [0.25, 0.3) is 0 Å². The Kier molecular flexibility index (Phi) is 4.50. The highest BCUT2D eigenvalue weighted by Gasteiger charge is 2.31. The standard InChI is InChI=1S/C14H20ClN3O2/c1-14(20)6-3-7-18(10-14)13(19)9-17(2)12-5-4-11(15)8-16-12/h4-5,8,20H,3,6-7,9-10H2,1-2H3. The van der Waals surface area contributed by atoms with Crippen LogP contribution < -0.4 is 4.90 Å². The lowest BCUT2D eigenvalue weighted by Crippen LogP contribution is -2.51. The van der Waals surface area contributed by atoms with E-state index in [0.717, 1.165) is 12.8 Å². The summed E-state index contributed by atoms with van der Waals surface area (Å²) in [5.74, 6) is 0.704. The maximum Gasteiger partial charge on any atom is 0.242 e. The number of pyridine rings is 1. The lowest BCUT2D eigenvalue weighted by Gasteiger charge is -2.37. The first-order chi connectivity index (χ1) is 9.37. The number of hydrogen-bond acceptors (Lipinski definition) is 4. The second-order valence-corrected chi connectivity index (χ2v) is 6.04. The molecule has 0 saturated carbocycles. The summed E-state index contributed by atoms with van der Waals surface area (Å²) in [6, 6.07) is 3.53. The van der Waals surface area contributed by atoms with Crippen molar-refractivity contribution in [2.75, 3.05) is 31.6 Å². The van der Waals surface area contributed by atoms with Crippen molar-refractivity contribution in [1.29, 1.82) is 0 Å². The number of piperidine rings is 1. The third-order valence-electron chi connectivity index (χ3n) is 3.50. The van der Waals surface area contributed by atoms with Gasteiger partial charge >= 0.3 is 0 Å². The molecule has 1 aromatic heterocycles. The molecule has 1 amide bonds. The van der Waals surface area contributed by atoms with Gasteiger partial charge in [-0.3, -0.25) is 4.79 Å². The normalized spacial score (nSPS) is 22.7. The first kappa shape index (κ1) is 15.1. The van der Waals surface area contributed by atoms with Crippen molar-refractivity contribution in [2.24, 2.45) is 0 Å². The number of β-amino-alcohol motifs (C(OH)–C–C–N with tert-alkyl or cyclic N) is 1. The molecule has 20 heavy (non-hydrogen) atoms. The Bertz CT molecular complexity index is 476. The van der Waals surface area contributed by atoms with Crippen LogP contribution in [0, 0.1) is 0 Å². The Morgan fingerprint density at radius 1 is 1.60 bits per heavy atom. The minimum Gasteiger partial charge on any atom is -0.388 e. The zero-order valence-corrected chi connectivity index (χ0v) is 12.6. The van der Waals surface area contributed by atoms with E-state index in [4.69, 9.17) is 11.6 Å². The molecular formula is C14H20ClN3O2. The minimum absolute atomic E-state index is 0.00391. The molecule has 2 rings (SSSR count). The van der Waals surface area contributed by atoms with Crippen molar-refractivity contribution in [3.8, 4) is 0 Å². The van der Waals surface area contributed by atoms with Gasteiger partial charge in [0, 0.05) is 26.3 Å². The zero-order chi connectivity index (χ0) is 14.8. The number of likely N-dealkylation sites (tertiary alicyclic amines) is 1. The van der Waals surface area contributed by atoms with Gasteiger partial charge in [-0.05, 0) is 31.9 Å². The van der Waals surface area contributed by atoms with E-state index in [-0.39, 0.29) is 12.5 Å². The number of aromatic nitrogens is 1. The van der Waals surface area contributed by atoms with Crippen LogP contribution in [-0.4, -0.2) is 53.2 Å². The molecule has 0 aromatic carbocycles. The number of amides is 1. The number of carbonyl (C=O) groups excluding carboxylic acids is 1. The summed E-state index contributed by atoms with van der Waals surface area (Å²) >= 11 is 5.79. The van der Waals surface area contributed by atoms with Gasteiger partial charge in [-0.2, -0.15) is 0 Å². The lowest BCUT2D eigenvalue weighted by atomic mass is 9.95. The second-order valence-electron chi connectivity index (χ2n) is 5.61. The molecule has 0 bridgehead atoms. The first-order valence-electron chi connectivity index (χ1n) is 6.70. The van der Waals surface area contributed by atoms with Crippen molar-refractivity contribution in [1.82, 2.24) is 9.88 Å².